The summed E-state index contributed by atoms with van der Waals surface area (Å²) in [6.07, 6.45) is 4.48. The molecular weight excluding hydrogens is 164 g/mol. The maximum Gasteiger partial charge on any atom is 0.137 e. The standard InChI is InChI=1S/C10H16N2O/c1-3-4-13-10-5-9(8(2)11)6-12-7-10/h5-8H,3-4,11H2,1-2H3. The number of nitrogens with zero attached hydrogens (tertiary/aromatic N) is 1. The fraction of sp³-hybridized carbons (Fsp3) is 0.500. The Morgan fingerprint density at radius 2 is 2.31 bits per heavy atom. The maximum atomic E-state index is 5.72. The van der Waals surface area contributed by atoms with Crippen LogP contribution in [0.3, 0.4) is 0 Å². The summed E-state index contributed by atoms with van der Waals surface area (Å²) in [6.45, 7) is 4.73. The molecule has 1 aromatic rings. The van der Waals surface area contributed by atoms with E-state index >= 15 is 0 Å². The first kappa shape index (κ1) is 9.99. The Hall–Kier alpha value is -1.09. The lowest BCUT2D eigenvalue weighted by atomic mass is 10.1. The number of ether oxygens (including phenoxy) is 1. The molecule has 0 saturated heterocycles. The Morgan fingerprint density at radius 1 is 1.54 bits per heavy atom. The van der Waals surface area contributed by atoms with Gasteiger partial charge in [-0.15, -0.1) is 0 Å². The highest BCUT2D eigenvalue weighted by Gasteiger charge is 2.01. The lowest BCUT2D eigenvalue weighted by Gasteiger charge is -2.08. The summed E-state index contributed by atoms with van der Waals surface area (Å²) in [7, 11) is 0. The molecule has 0 amide bonds. The van der Waals surface area contributed by atoms with Crippen LogP contribution in [0.25, 0.3) is 0 Å². The van der Waals surface area contributed by atoms with Gasteiger partial charge in [0.05, 0.1) is 12.8 Å². The van der Waals surface area contributed by atoms with E-state index < -0.39 is 0 Å². The van der Waals surface area contributed by atoms with E-state index in [4.69, 9.17) is 10.5 Å². The van der Waals surface area contributed by atoms with Gasteiger partial charge in [0.2, 0.25) is 0 Å². The van der Waals surface area contributed by atoms with Gasteiger partial charge in [0.25, 0.3) is 0 Å². The van der Waals surface area contributed by atoms with E-state index in [1.165, 1.54) is 0 Å². The average molecular weight is 180 g/mol. The van der Waals surface area contributed by atoms with Crippen molar-refractivity contribution in [2.45, 2.75) is 26.3 Å². The highest BCUT2D eigenvalue weighted by atomic mass is 16.5. The van der Waals surface area contributed by atoms with E-state index in [1.54, 1.807) is 12.4 Å². The van der Waals surface area contributed by atoms with Gasteiger partial charge in [-0.1, -0.05) is 6.92 Å². The third-order valence-corrected chi connectivity index (χ3v) is 1.73. The third-order valence-electron chi connectivity index (χ3n) is 1.73. The summed E-state index contributed by atoms with van der Waals surface area (Å²) >= 11 is 0. The van der Waals surface area contributed by atoms with Gasteiger partial charge in [0, 0.05) is 12.2 Å². The van der Waals surface area contributed by atoms with Crippen LogP contribution in [0.1, 0.15) is 31.9 Å². The Morgan fingerprint density at radius 3 is 2.92 bits per heavy atom. The van der Waals surface area contributed by atoms with Crippen molar-refractivity contribution in [3.8, 4) is 5.75 Å². The second kappa shape index (κ2) is 4.82. The largest absolute Gasteiger partial charge is 0.492 e. The van der Waals surface area contributed by atoms with Gasteiger partial charge in [0.15, 0.2) is 0 Å². The molecule has 1 rings (SSSR count). The number of rotatable bonds is 4. The molecule has 3 nitrogen and oxygen atoms in total. The second-order valence-corrected chi connectivity index (χ2v) is 3.09. The lowest BCUT2D eigenvalue weighted by Crippen LogP contribution is -2.06. The number of aromatic nitrogens is 1. The van der Waals surface area contributed by atoms with Crippen molar-refractivity contribution >= 4 is 0 Å². The monoisotopic (exact) mass is 180 g/mol. The molecule has 3 heteroatoms. The molecule has 0 aliphatic heterocycles. The first-order valence-corrected chi connectivity index (χ1v) is 4.57. The van der Waals surface area contributed by atoms with Gasteiger partial charge < -0.3 is 10.5 Å². The molecule has 1 unspecified atom stereocenters. The minimum Gasteiger partial charge on any atom is -0.492 e. The van der Waals surface area contributed by atoms with Crippen LogP contribution in [-0.4, -0.2) is 11.6 Å². The summed E-state index contributed by atoms with van der Waals surface area (Å²) in [6, 6.07) is 1.95. The molecular formula is C10H16N2O. The summed E-state index contributed by atoms with van der Waals surface area (Å²) in [4.78, 5) is 4.05. The van der Waals surface area contributed by atoms with Crippen LogP contribution in [0.4, 0.5) is 0 Å². The predicted octanol–water partition coefficient (Wildman–Crippen LogP) is 1.89. The van der Waals surface area contributed by atoms with Crippen molar-refractivity contribution in [1.82, 2.24) is 4.98 Å². The summed E-state index contributed by atoms with van der Waals surface area (Å²) in [5.41, 5.74) is 6.72. The summed E-state index contributed by atoms with van der Waals surface area (Å²) in [5.74, 6) is 0.802. The zero-order chi connectivity index (χ0) is 9.68. The normalized spacial score (nSPS) is 12.5. The van der Waals surface area contributed by atoms with Crippen molar-refractivity contribution in [3.05, 3.63) is 24.0 Å². The highest BCUT2D eigenvalue weighted by Crippen LogP contribution is 2.15. The number of pyridine rings is 1. The molecule has 72 valence electrons. The Labute approximate surface area is 78.9 Å². The lowest BCUT2D eigenvalue weighted by molar-refractivity contribution is 0.315. The van der Waals surface area contributed by atoms with Gasteiger partial charge in [0.1, 0.15) is 5.75 Å². The van der Waals surface area contributed by atoms with Crippen LogP contribution in [0, 0.1) is 0 Å². The van der Waals surface area contributed by atoms with Crippen molar-refractivity contribution < 1.29 is 4.74 Å². The van der Waals surface area contributed by atoms with E-state index in [1.807, 2.05) is 13.0 Å². The van der Waals surface area contributed by atoms with Gasteiger partial charge >= 0.3 is 0 Å². The second-order valence-electron chi connectivity index (χ2n) is 3.09. The molecule has 0 bridgehead atoms. The van der Waals surface area contributed by atoms with E-state index in [2.05, 4.69) is 11.9 Å². The smallest absolute Gasteiger partial charge is 0.137 e. The Kier molecular flexibility index (Phi) is 3.71. The van der Waals surface area contributed by atoms with Crippen molar-refractivity contribution in [1.29, 1.82) is 0 Å². The predicted molar refractivity (Wildman–Crippen MR) is 52.6 cm³/mol. The van der Waals surface area contributed by atoms with Crippen LogP contribution < -0.4 is 10.5 Å². The molecule has 0 radical (unpaired) electrons. The molecule has 1 aromatic heterocycles. The first-order valence-electron chi connectivity index (χ1n) is 4.57. The number of nitrogens with two attached hydrogens (primary N) is 1. The summed E-state index contributed by atoms with van der Waals surface area (Å²) in [5, 5.41) is 0. The van der Waals surface area contributed by atoms with Gasteiger partial charge in [-0.3, -0.25) is 4.98 Å². The Balaban J connectivity index is 2.68. The zero-order valence-corrected chi connectivity index (χ0v) is 8.16. The van der Waals surface area contributed by atoms with E-state index in [0.717, 1.165) is 24.3 Å². The third kappa shape index (κ3) is 3.03. The van der Waals surface area contributed by atoms with Crippen molar-refractivity contribution in [2.75, 3.05) is 6.61 Å². The van der Waals surface area contributed by atoms with Gasteiger partial charge in [-0.25, -0.2) is 0 Å². The molecule has 2 N–H and O–H groups in total. The Bertz CT molecular complexity index is 261. The molecule has 0 spiro atoms. The first-order chi connectivity index (χ1) is 6.24. The molecule has 0 fully saturated rings. The fourth-order valence-corrected chi connectivity index (χ4v) is 0.983. The topological polar surface area (TPSA) is 48.1 Å². The molecule has 0 saturated carbocycles. The van der Waals surface area contributed by atoms with Crippen LogP contribution >= 0.6 is 0 Å². The fourth-order valence-electron chi connectivity index (χ4n) is 0.983. The molecule has 0 aliphatic carbocycles. The van der Waals surface area contributed by atoms with E-state index in [-0.39, 0.29) is 6.04 Å². The molecule has 1 atom stereocenters. The van der Waals surface area contributed by atoms with E-state index in [9.17, 15) is 0 Å². The minimum absolute atomic E-state index is 0.0117. The van der Waals surface area contributed by atoms with Gasteiger partial charge in [-0.2, -0.15) is 0 Å². The highest BCUT2D eigenvalue weighted by molar-refractivity contribution is 5.25. The quantitative estimate of drug-likeness (QED) is 0.769. The van der Waals surface area contributed by atoms with Crippen LogP contribution in [0.2, 0.25) is 0 Å². The van der Waals surface area contributed by atoms with Crippen LogP contribution in [0.15, 0.2) is 18.5 Å². The number of hydrogen-bond acceptors (Lipinski definition) is 3. The zero-order valence-electron chi connectivity index (χ0n) is 8.16. The van der Waals surface area contributed by atoms with E-state index in [0.29, 0.717) is 0 Å². The van der Waals surface area contributed by atoms with Crippen LogP contribution in [-0.2, 0) is 0 Å². The SMILES string of the molecule is CCCOc1cncc(C(C)N)c1. The molecule has 13 heavy (non-hydrogen) atoms. The van der Waals surface area contributed by atoms with Gasteiger partial charge in [-0.05, 0) is 25.0 Å². The average Bonchev–Trinajstić information content (AvgIpc) is 2.15. The molecule has 1 heterocycles. The summed E-state index contributed by atoms with van der Waals surface area (Å²) < 4.78 is 5.43. The maximum absolute atomic E-state index is 5.72. The number of hydrogen-bond donors (Lipinski definition) is 1. The van der Waals surface area contributed by atoms with Crippen molar-refractivity contribution in [2.24, 2.45) is 5.73 Å². The van der Waals surface area contributed by atoms with Crippen LogP contribution in [0.5, 0.6) is 5.75 Å². The minimum atomic E-state index is 0.0117. The molecule has 0 aliphatic rings. The molecule has 0 aromatic carbocycles. The van der Waals surface area contributed by atoms with Crippen molar-refractivity contribution in [3.63, 3.8) is 0 Å².